The third kappa shape index (κ3) is 3.18. The number of thiazole rings is 1. The minimum atomic E-state index is -0.601. The van der Waals surface area contributed by atoms with E-state index in [2.05, 4.69) is 4.98 Å². The van der Waals surface area contributed by atoms with E-state index in [-0.39, 0.29) is 5.91 Å². The predicted octanol–water partition coefficient (Wildman–Crippen LogP) is 2.46. The number of primary amides is 1. The summed E-state index contributed by atoms with van der Waals surface area (Å²) >= 11 is 1.47. The van der Waals surface area contributed by atoms with Gasteiger partial charge in [-0.2, -0.15) is 0 Å². The summed E-state index contributed by atoms with van der Waals surface area (Å²) in [6.07, 6.45) is 3.95. The van der Waals surface area contributed by atoms with Crippen molar-refractivity contribution in [1.29, 1.82) is 0 Å². The van der Waals surface area contributed by atoms with E-state index in [0.29, 0.717) is 17.8 Å². The molecule has 0 unspecified atom stereocenters. The normalized spacial score (nSPS) is 19.6. The zero-order chi connectivity index (χ0) is 17.6. The number of carbonyl (C=O) groups excluding carboxylic acids is 2. The lowest BCUT2D eigenvalue weighted by Crippen LogP contribution is -2.51. The van der Waals surface area contributed by atoms with Gasteiger partial charge in [-0.1, -0.05) is 24.3 Å². The van der Waals surface area contributed by atoms with Gasteiger partial charge in [0.2, 0.25) is 5.91 Å². The third-order valence-electron chi connectivity index (χ3n) is 5.03. The summed E-state index contributed by atoms with van der Waals surface area (Å²) in [4.78, 5) is 32.0. The molecule has 2 N–H and O–H groups in total. The van der Waals surface area contributed by atoms with E-state index in [4.69, 9.17) is 5.73 Å². The first-order valence-electron chi connectivity index (χ1n) is 8.66. The molecule has 1 aromatic heterocycles. The molecule has 1 aliphatic carbocycles. The van der Waals surface area contributed by atoms with E-state index in [1.165, 1.54) is 24.2 Å². The molecule has 1 saturated carbocycles. The van der Waals surface area contributed by atoms with Crippen LogP contribution in [0.5, 0.6) is 0 Å². The Hall–Kier alpha value is -2.21. The van der Waals surface area contributed by atoms with Crippen molar-refractivity contribution in [3.63, 3.8) is 0 Å². The van der Waals surface area contributed by atoms with Gasteiger partial charge in [0.25, 0.3) is 5.91 Å². The number of aryl methyl sites for hydroxylation is 1. The van der Waals surface area contributed by atoms with Gasteiger partial charge in [-0.3, -0.25) is 9.59 Å². The Morgan fingerprint density at radius 2 is 2.00 bits per heavy atom. The highest BCUT2D eigenvalue weighted by atomic mass is 32.1. The number of rotatable bonds is 4. The number of nitrogens with two attached hydrogens (primary N) is 1. The van der Waals surface area contributed by atoms with Gasteiger partial charge in [0.05, 0.1) is 10.7 Å². The second-order valence-electron chi connectivity index (χ2n) is 6.99. The molecule has 1 aromatic carbocycles. The topological polar surface area (TPSA) is 76.3 Å². The van der Waals surface area contributed by atoms with Gasteiger partial charge in [-0.15, -0.1) is 11.3 Å². The maximum atomic E-state index is 13.1. The van der Waals surface area contributed by atoms with Crippen LogP contribution in [-0.4, -0.2) is 27.7 Å². The second kappa shape index (κ2) is 6.26. The summed E-state index contributed by atoms with van der Waals surface area (Å²) in [5.41, 5.74) is 8.53. The van der Waals surface area contributed by atoms with Crippen LogP contribution in [0.3, 0.4) is 0 Å². The van der Waals surface area contributed by atoms with Gasteiger partial charge in [0, 0.05) is 19.4 Å². The van der Waals surface area contributed by atoms with Crippen LogP contribution in [0.1, 0.15) is 44.3 Å². The van der Waals surface area contributed by atoms with Crippen LogP contribution in [0, 0.1) is 12.8 Å². The maximum Gasteiger partial charge on any atom is 0.266 e. The van der Waals surface area contributed by atoms with Crippen LogP contribution < -0.4 is 5.73 Å². The first kappa shape index (κ1) is 16.3. The Labute approximate surface area is 150 Å². The zero-order valence-electron chi connectivity index (χ0n) is 14.2. The van der Waals surface area contributed by atoms with Crippen LogP contribution in [0.4, 0.5) is 0 Å². The molecular weight excluding hydrogens is 334 g/mol. The van der Waals surface area contributed by atoms with E-state index < -0.39 is 11.9 Å². The molecule has 2 amide bonds. The minimum absolute atomic E-state index is 0.129. The molecule has 0 spiro atoms. The van der Waals surface area contributed by atoms with Crippen LogP contribution in [0.25, 0.3) is 0 Å². The smallest absolute Gasteiger partial charge is 0.266 e. The average Bonchev–Trinajstić information content (AvgIpc) is 3.33. The minimum Gasteiger partial charge on any atom is -0.368 e. The Morgan fingerprint density at radius 1 is 1.28 bits per heavy atom. The van der Waals surface area contributed by atoms with E-state index in [9.17, 15) is 9.59 Å². The summed E-state index contributed by atoms with van der Waals surface area (Å²) < 4.78 is 0. The standard InChI is InChI=1S/C19H21N3O2S/c1-11-17(25-16(21-11)8-12-6-7-12)19(24)22-10-14-5-3-2-4-13(14)9-15(22)18(20)23/h2-5,12,15H,6-10H2,1H3,(H2,20,23)/t15-/m0/s1. The van der Waals surface area contributed by atoms with Crippen molar-refractivity contribution in [2.45, 2.75) is 45.2 Å². The van der Waals surface area contributed by atoms with Crippen molar-refractivity contribution >= 4 is 23.2 Å². The quantitative estimate of drug-likeness (QED) is 0.915. The van der Waals surface area contributed by atoms with Crippen LogP contribution in [0.2, 0.25) is 0 Å². The molecule has 130 valence electrons. The fraction of sp³-hybridized carbons (Fsp3) is 0.421. The summed E-state index contributed by atoms with van der Waals surface area (Å²) in [7, 11) is 0. The molecule has 1 aliphatic heterocycles. The Bertz CT molecular complexity index is 841. The Morgan fingerprint density at radius 3 is 2.68 bits per heavy atom. The summed E-state index contributed by atoms with van der Waals surface area (Å²) in [6, 6.07) is 7.31. The molecule has 5 nitrogen and oxygen atoms in total. The average molecular weight is 355 g/mol. The molecule has 4 rings (SSSR count). The van der Waals surface area contributed by atoms with E-state index in [1.807, 2.05) is 31.2 Å². The number of fused-ring (bicyclic) bond motifs is 1. The van der Waals surface area contributed by atoms with Gasteiger partial charge in [0.1, 0.15) is 10.9 Å². The molecule has 25 heavy (non-hydrogen) atoms. The molecular formula is C19H21N3O2S. The summed E-state index contributed by atoms with van der Waals surface area (Å²) in [5.74, 6) is 0.146. The summed E-state index contributed by atoms with van der Waals surface area (Å²) in [5, 5.41) is 1.02. The van der Waals surface area contributed by atoms with Gasteiger partial charge >= 0.3 is 0 Å². The molecule has 6 heteroatoms. The Kier molecular flexibility index (Phi) is 4.07. The monoisotopic (exact) mass is 355 g/mol. The van der Waals surface area contributed by atoms with Gasteiger partial charge < -0.3 is 10.6 Å². The molecule has 0 bridgehead atoms. The fourth-order valence-electron chi connectivity index (χ4n) is 3.43. The summed E-state index contributed by atoms with van der Waals surface area (Å²) in [6.45, 7) is 2.29. The van der Waals surface area contributed by atoms with E-state index in [0.717, 1.165) is 34.2 Å². The largest absolute Gasteiger partial charge is 0.368 e. The molecule has 2 heterocycles. The molecule has 1 fully saturated rings. The van der Waals surface area contributed by atoms with Gasteiger partial charge in [0.15, 0.2) is 0 Å². The third-order valence-corrected chi connectivity index (χ3v) is 6.20. The number of nitrogens with zero attached hydrogens (tertiary/aromatic N) is 2. The lowest BCUT2D eigenvalue weighted by Gasteiger charge is -2.34. The second-order valence-corrected chi connectivity index (χ2v) is 8.08. The number of carbonyl (C=O) groups is 2. The van der Waals surface area contributed by atoms with Crippen molar-refractivity contribution in [3.05, 3.63) is 51.0 Å². The van der Waals surface area contributed by atoms with Crippen LogP contribution in [-0.2, 0) is 24.2 Å². The predicted molar refractivity (Wildman–Crippen MR) is 96.3 cm³/mol. The number of benzene rings is 1. The lowest BCUT2D eigenvalue weighted by molar-refractivity contribution is -0.122. The highest BCUT2D eigenvalue weighted by Crippen LogP contribution is 2.35. The zero-order valence-corrected chi connectivity index (χ0v) is 15.0. The molecule has 0 saturated heterocycles. The highest BCUT2D eigenvalue weighted by molar-refractivity contribution is 7.13. The van der Waals surface area contributed by atoms with Crippen LogP contribution in [0.15, 0.2) is 24.3 Å². The lowest BCUT2D eigenvalue weighted by atomic mass is 9.93. The van der Waals surface area contributed by atoms with Gasteiger partial charge in [-0.25, -0.2) is 4.98 Å². The van der Waals surface area contributed by atoms with E-state index >= 15 is 0 Å². The van der Waals surface area contributed by atoms with Crippen molar-refractivity contribution in [2.75, 3.05) is 0 Å². The van der Waals surface area contributed by atoms with Crippen molar-refractivity contribution < 1.29 is 9.59 Å². The number of hydrogen-bond acceptors (Lipinski definition) is 4. The van der Waals surface area contributed by atoms with E-state index in [1.54, 1.807) is 4.90 Å². The highest BCUT2D eigenvalue weighted by Gasteiger charge is 2.35. The number of aromatic nitrogens is 1. The van der Waals surface area contributed by atoms with Crippen molar-refractivity contribution in [3.8, 4) is 0 Å². The van der Waals surface area contributed by atoms with Crippen LogP contribution >= 0.6 is 11.3 Å². The number of hydrogen-bond donors (Lipinski definition) is 1. The van der Waals surface area contributed by atoms with Crippen molar-refractivity contribution in [2.24, 2.45) is 11.7 Å². The maximum absolute atomic E-state index is 13.1. The first-order chi connectivity index (χ1) is 12.0. The van der Waals surface area contributed by atoms with Gasteiger partial charge in [-0.05, 0) is 36.8 Å². The fourth-order valence-corrected chi connectivity index (χ4v) is 4.56. The first-order valence-corrected chi connectivity index (χ1v) is 9.48. The molecule has 2 aromatic rings. The molecule has 2 aliphatic rings. The molecule has 1 atom stereocenters. The van der Waals surface area contributed by atoms with Crippen molar-refractivity contribution in [1.82, 2.24) is 9.88 Å². The Balaban J connectivity index is 1.63. The molecule has 0 radical (unpaired) electrons. The SMILES string of the molecule is Cc1nc(CC2CC2)sc1C(=O)N1Cc2ccccc2C[C@H]1C(N)=O. The number of amides is 2.